The second kappa shape index (κ2) is 12.8. The molecular formula is C57H40N2. The number of para-hydroxylation sites is 1. The zero-order chi connectivity index (χ0) is 39.2. The number of rotatable bonds is 6. The number of nitrogens with zero attached hydrogens (tertiary/aromatic N) is 2. The summed E-state index contributed by atoms with van der Waals surface area (Å²) in [7, 11) is 0. The first-order valence-corrected chi connectivity index (χ1v) is 20.6. The van der Waals surface area contributed by atoms with Gasteiger partial charge in [-0.15, -0.1) is 0 Å². The van der Waals surface area contributed by atoms with Crippen LogP contribution >= 0.6 is 0 Å². The predicted octanol–water partition coefficient (Wildman–Crippen LogP) is 15.6. The molecule has 10 aromatic carbocycles. The third kappa shape index (κ3) is 5.06. The molecule has 0 unspecified atom stereocenters. The SMILES string of the molecule is CC1(C)c2cc(-c3ccc4c5c3ccc3cccc(c35)n4-c3ccc(-c4ccccc4)cc3)ccc2-c2ccc(N(c3ccccc3)c3cccc4ccccc34)cc21. The summed E-state index contributed by atoms with van der Waals surface area (Å²) in [6.07, 6.45) is 0. The highest BCUT2D eigenvalue weighted by Gasteiger charge is 2.36. The number of fused-ring (bicyclic) bond motifs is 4. The first kappa shape index (κ1) is 33.7. The molecule has 2 nitrogen and oxygen atoms in total. The second-order valence-electron chi connectivity index (χ2n) is 16.5. The highest BCUT2D eigenvalue weighted by molar-refractivity contribution is 6.26. The molecule has 59 heavy (non-hydrogen) atoms. The van der Waals surface area contributed by atoms with Gasteiger partial charge in [0.1, 0.15) is 0 Å². The molecule has 1 aromatic heterocycles. The van der Waals surface area contributed by atoms with Crippen LogP contribution in [-0.2, 0) is 5.41 Å². The van der Waals surface area contributed by atoms with Crippen molar-refractivity contribution < 1.29 is 0 Å². The standard InChI is InChI=1S/C57H40N2/c1-57(2)50-35-41(26-30-47(50)48-32-29-44(36-51(48)57)58(42-18-7-4-8-19-42)52-21-11-16-39-15-9-10-20-46(39)52)45-33-34-54-56-49(45)31-25-40-17-12-22-53(55(40)56)59(54)43-27-23-38(24-28-43)37-13-5-3-6-14-37/h3-36H,1-2H3. The van der Waals surface area contributed by atoms with E-state index in [0.717, 1.165) is 11.4 Å². The highest BCUT2D eigenvalue weighted by atomic mass is 15.1. The van der Waals surface area contributed by atoms with Gasteiger partial charge in [0.2, 0.25) is 0 Å². The summed E-state index contributed by atoms with van der Waals surface area (Å²) in [6, 6.07) is 76.0. The van der Waals surface area contributed by atoms with Crippen LogP contribution < -0.4 is 4.90 Å². The maximum atomic E-state index is 2.47. The minimum atomic E-state index is -0.204. The van der Waals surface area contributed by atoms with Crippen LogP contribution in [0.5, 0.6) is 0 Å². The van der Waals surface area contributed by atoms with Crippen molar-refractivity contribution in [1.29, 1.82) is 0 Å². The topological polar surface area (TPSA) is 8.17 Å². The summed E-state index contributed by atoms with van der Waals surface area (Å²) >= 11 is 0. The second-order valence-corrected chi connectivity index (χ2v) is 16.5. The lowest BCUT2D eigenvalue weighted by molar-refractivity contribution is 0.660. The molecule has 0 N–H and O–H groups in total. The Bertz CT molecular complexity index is 3390. The van der Waals surface area contributed by atoms with Crippen LogP contribution in [0.15, 0.2) is 206 Å². The van der Waals surface area contributed by atoms with Crippen LogP contribution in [0.1, 0.15) is 25.0 Å². The van der Waals surface area contributed by atoms with E-state index in [1.54, 1.807) is 0 Å². The monoisotopic (exact) mass is 752 g/mol. The molecule has 1 aliphatic rings. The maximum absolute atomic E-state index is 2.47. The zero-order valence-electron chi connectivity index (χ0n) is 33.0. The van der Waals surface area contributed by atoms with Crippen molar-refractivity contribution in [2.24, 2.45) is 0 Å². The fraction of sp³-hybridized carbons (Fsp3) is 0.0526. The first-order chi connectivity index (χ1) is 29.0. The van der Waals surface area contributed by atoms with Crippen LogP contribution in [-0.4, -0.2) is 4.57 Å². The van der Waals surface area contributed by atoms with Crippen LogP contribution in [0.2, 0.25) is 0 Å². The molecule has 0 saturated heterocycles. The summed E-state index contributed by atoms with van der Waals surface area (Å²) in [5.41, 5.74) is 17.2. The Kier molecular flexibility index (Phi) is 7.31. The molecule has 12 rings (SSSR count). The molecule has 0 amide bonds. The van der Waals surface area contributed by atoms with E-state index in [1.807, 2.05) is 0 Å². The Balaban J connectivity index is 0.971. The Morgan fingerprint density at radius 1 is 0.390 bits per heavy atom. The number of hydrogen-bond donors (Lipinski definition) is 0. The fourth-order valence-electron chi connectivity index (χ4n) is 10.1. The van der Waals surface area contributed by atoms with E-state index in [-0.39, 0.29) is 5.41 Å². The molecule has 0 radical (unpaired) electrons. The van der Waals surface area contributed by atoms with Gasteiger partial charge in [-0.05, 0) is 121 Å². The zero-order valence-corrected chi connectivity index (χ0v) is 33.0. The lowest BCUT2D eigenvalue weighted by Crippen LogP contribution is -2.16. The van der Waals surface area contributed by atoms with Crippen molar-refractivity contribution in [3.63, 3.8) is 0 Å². The van der Waals surface area contributed by atoms with E-state index in [4.69, 9.17) is 0 Å². The molecule has 1 heterocycles. The number of hydrogen-bond acceptors (Lipinski definition) is 1. The fourth-order valence-corrected chi connectivity index (χ4v) is 10.1. The number of anilines is 3. The van der Waals surface area contributed by atoms with E-state index in [2.05, 4.69) is 230 Å². The average Bonchev–Trinajstić information content (AvgIpc) is 3.75. The number of aromatic nitrogens is 1. The van der Waals surface area contributed by atoms with E-state index >= 15 is 0 Å². The molecular weight excluding hydrogens is 713 g/mol. The van der Waals surface area contributed by atoms with Gasteiger partial charge in [-0.3, -0.25) is 0 Å². The van der Waals surface area contributed by atoms with Crippen LogP contribution in [0.25, 0.3) is 82.4 Å². The first-order valence-electron chi connectivity index (χ1n) is 20.6. The molecule has 0 atom stereocenters. The van der Waals surface area contributed by atoms with Gasteiger partial charge >= 0.3 is 0 Å². The van der Waals surface area contributed by atoms with Gasteiger partial charge < -0.3 is 9.47 Å². The average molecular weight is 753 g/mol. The number of benzene rings is 10. The maximum Gasteiger partial charge on any atom is 0.0547 e. The van der Waals surface area contributed by atoms with Crippen molar-refractivity contribution in [2.45, 2.75) is 19.3 Å². The summed E-state index contributed by atoms with van der Waals surface area (Å²) < 4.78 is 2.44. The van der Waals surface area contributed by atoms with Gasteiger partial charge in [0, 0.05) is 38.6 Å². The van der Waals surface area contributed by atoms with Crippen LogP contribution in [0.3, 0.4) is 0 Å². The lowest BCUT2D eigenvalue weighted by atomic mass is 9.81. The summed E-state index contributed by atoms with van der Waals surface area (Å²) in [6.45, 7) is 4.79. The van der Waals surface area contributed by atoms with Gasteiger partial charge in [-0.2, -0.15) is 0 Å². The Labute approximate surface area is 344 Å². The lowest BCUT2D eigenvalue weighted by Gasteiger charge is -2.29. The van der Waals surface area contributed by atoms with Gasteiger partial charge in [0.25, 0.3) is 0 Å². The smallest absolute Gasteiger partial charge is 0.0547 e. The molecule has 278 valence electrons. The Morgan fingerprint density at radius 3 is 1.85 bits per heavy atom. The predicted molar refractivity (Wildman–Crippen MR) is 250 cm³/mol. The van der Waals surface area contributed by atoms with E-state index in [1.165, 1.54) is 99.2 Å². The molecule has 11 aromatic rings. The molecule has 0 saturated carbocycles. The molecule has 0 bridgehead atoms. The molecule has 1 aliphatic carbocycles. The van der Waals surface area contributed by atoms with E-state index in [9.17, 15) is 0 Å². The van der Waals surface area contributed by atoms with Crippen molar-refractivity contribution in [3.05, 3.63) is 217 Å². The normalized spacial score (nSPS) is 13.1. The Morgan fingerprint density at radius 2 is 1.02 bits per heavy atom. The van der Waals surface area contributed by atoms with Crippen LogP contribution in [0, 0.1) is 0 Å². The third-order valence-corrected chi connectivity index (χ3v) is 12.9. The van der Waals surface area contributed by atoms with E-state index < -0.39 is 0 Å². The van der Waals surface area contributed by atoms with Gasteiger partial charge in [0.05, 0.1) is 16.7 Å². The minimum absolute atomic E-state index is 0.204. The third-order valence-electron chi connectivity index (χ3n) is 12.9. The summed E-state index contributed by atoms with van der Waals surface area (Å²) in [5.74, 6) is 0. The van der Waals surface area contributed by atoms with Crippen molar-refractivity contribution in [2.75, 3.05) is 4.90 Å². The molecule has 0 aliphatic heterocycles. The quantitative estimate of drug-likeness (QED) is 0.154. The van der Waals surface area contributed by atoms with Crippen molar-refractivity contribution in [3.8, 4) is 39.1 Å². The van der Waals surface area contributed by atoms with Gasteiger partial charge in [-0.25, -0.2) is 0 Å². The summed E-state index contributed by atoms with van der Waals surface area (Å²) in [5, 5.41) is 7.67. The largest absolute Gasteiger partial charge is 0.310 e. The molecule has 0 spiro atoms. The van der Waals surface area contributed by atoms with Crippen LogP contribution in [0.4, 0.5) is 17.1 Å². The van der Waals surface area contributed by atoms with Crippen molar-refractivity contribution in [1.82, 2.24) is 4.57 Å². The molecule has 0 fully saturated rings. The van der Waals surface area contributed by atoms with E-state index in [0.29, 0.717) is 0 Å². The van der Waals surface area contributed by atoms with Crippen molar-refractivity contribution >= 4 is 60.4 Å². The van der Waals surface area contributed by atoms with Gasteiger partial charge in [-0.1, -0.05) is 159 Å². The minimum Gasteiger partial charge on any atom is -0.310 e. The molecule has 2 heteroatoms. The highest BCUT2D eigenvalue weighted by Crippen LogP contribution is 2.53. The van der Waals surface area contributed by atoms with Gasteiger partial charge in [0.15, 0.2) is 0 Å². The summed E-state index contributed by atoms with van der Waals surface area (Å²) in [4.78, 5) is 2.42. The Hall–Kier alpha value is -7.42.